The molecule has 19 heavy (non-hydrogen) atoms. The Kier molecular flexibility index (Phi) is 5.82. The van der Waals surface area contributed by atoms with Gasteiger partial charge in [-0.1, -0.05) is 6.92 Å². The Morgan fingerprint density at radius 2 is 2.16 bits per heavy atom. The first-order valence-corrected chi connectivity index (χ1v) is 7.33. The lowest BCUT2D eigenvalue weighted by molar-refractivity contribution is 0.0694. The summed E-state index contributed by atoms with van der Waals surface area (Å²) in [7, 11) is 0. The van der Waals surface area contributed by atoms with Crippen molar-refractivity contribution >= 4 is 23.6 Å². The summed E-state index contributed by atoms with van der Waals surface area (Å²) in [5, 5.41) is 11.7. The number of aromatic carboxylic acids is 1. The number of rotatable bonds is 6. The van der Waals surface area contributed by atoms with Gasteiger partial charge in [-0.05, 0) is 37.0 Å². The highest BCUT2D eigenvalue weighted by Crippen LogP contribution is 2.07. The van der Waals surface area contributed by atoms with E-state index in [0.717, 1.165) is 5.75 Å². The van der Waals surface area contributed by atoms with Crippen LogP contribution >= 0.6 is 11.8 Å². The van der Waals surface area contributed by atoms with E-state index < -0.39 is 5.97 Å². The van der Waals surface area contributed by atoms with Crippen LogP contribution in [0.5, 0.6) is 0 Å². The van der Waals surface area contributed by atoms with Gasteiger partial charge in [-0.15, -0.1) is 0 Å². The zero-order valence-corrected chi connectivity index (χ0v) is 12.1. The van der Waals surface area contributed by atoms with Gasteiger partial charge in [-0.2, -0.15) is 11.8 Å². The van der Waals surface area contributed by atoms with E-state index in [2.05, 4.69) is 17.2 Å². The number of carbonyl (C=O) groups excluding carboxylic acids is 1. The van der Waals surface area contributed by atoms with Crippen molar-refractivity contribution in [3.05, 3.63) is 29.1 Å². The van der Waals surface area contributed by atoms with E-state index in [4.69, 9.17) is 5.11 Å². The van der Waals surface area contributed by atoms with E-state index in [1.807, 2.05) is 6.26 Å². The molecule has 0 aromatic carbocycles. The molecule has 0 aliphatic heterocycles. The molecule has 6 heteroatoms. The lowest BCUT2D eigenvalue weighted by atomic mass is 10.1. The second-order valence-corrected chi connectivity index (χ2v) is 5.32. The van der Waals surface area contributed by atoms with Crippen LogP contribution in [0.3, 0.4) is 0 Å². The number of aryl methyl sites for hydroxylation is 1. The quantitative estimate of drug-likeness (QED) is 0.832. The van der Waals surface area contributed by atoms with Gasteiger partial charge in [-0.25, -0.2) is 9.78 Å². The van der Waals surface area contributed by atoms with Gasteiger partial charge in [0.25, 0.3) is 5.91 Å². The average molecular weight is 282 g/mol. The molecule has 2 N–H and O–H groups in total. The molecular formula is C13H18N2O3S. The highest BCUT2D eigenvalue weighted by atomic mass is 32.2. The van der Waals surface area contributed by atoms with Crippen molar-refractivity contribution in [1.82, 2.24) is 10.3 Å². The summed E-state index contributed by atoms with van der Waals surface area (Å²) in [4.78, 5) is 26.7. The van der Waals surface area contributed by atoms with Crippen LogP contribution in [0, 0.1) is 12.8 Å². The van der Waals surface area contributed by atoms with Crippen LogP contribution in [0.4, 0.5) is 0 Å². The number of amides is 1. The maximum Gasteiger partial charge on any atom is 0.337 e. The van der Waals surface area contributed by atoms with Gasteiger partial charge in [-0.3, -0.25) is 4.79 Å². The molecule has 0 bridgehead atoms. The molecule has 0 aliphatic rings. The number of hydrogen-bond donors (Lipinski definition) is 2. The van der Waals surface area contributed by atoms with Gasteiger partial charge >= 0.3 is 5.97 Å². The molecule has 104 valence electrons. The number of nitrogens with one attached hydrogen (secondary N) is 1. The van der Waals surface area contributed by atoms with Gasteiger partial charge in [0.05, 0.1) is 11.3 Å². The Morgan fingerprint density at radius 3 is 2.68 bits per heavy atom. The fraction of sp³-hybridized carbons (Fsp3) is 0.462. The highest BCUT2D eigenvalue weighted by Gasteiger charge is 2.13. The van der Waals surface area contributed by atoms with E-state index in [0.29, 0.717) is 18.2 Å². The molecular weight excluding hydrogens is 264 g/mol. The molecule has 1 aromatic rings. The topological polar surface area (TPSA) is 79.3 Å². The van der Waals surface area contributed by atoms with Crippen LogP contribution in [-0.4, -0.2) is 40.5 Å². The molecule has 1 heterocycles. The van der Waals surface area contributed by atoms with Gasteiger partial charge < -0.3 is 10.4 Å². The number of hydrogen-bond acceptors (Lipinski definition) is 4. The molecule has 1 rings (SSSR count). The van der Waals surface area contributed by atoms with Crippen molar-refractivity contribution in [3.63, 3.8) is 0 Å². The monoisotopic (exact) mass is 282 g/mol. The molecule has 5 nitrogen and oxygen atoms in total. The lowest BCUT2D eigenvalue weighted by Crippen LogP contribution is -2.30. The van der Waals surface area contributed by atoms with Crippen LogP contribution in [0.25, 0.3) is 0 Å². The van der Waals surface area contributed by atoms with Gasteiger partial charge in [0.15, 0.2) is 0 Å². The number of thioether (sulfide) groups is 1. The first-order chi connectivity index (χ1) is 8.95. The van der Waals surface area contributed by atoms with Crippen LogP contribution in [0.15, 0.2) is 12.1 Å². The standard InChI is InChI=1S/C13H18N2O3S/c1-8(7-19-3)6-14-12(16)11-5-4-10(13(17)18)9(2)15-11/h4-5,8H,6-7H2,1-3H3,(H,14,16)(H,17,18). The number of pyridine rings is 1. The maximum atomic E-state index is 11.9. The lowest BCUT2D eigenvalue weighted by Gasteiger charge is -2.11. The van der Waals surface area contributed by atoms with Crippen LogP contribution < -0.4 is 5.32 Å². The predicted molar refractivity (Wildman–Crippen MR) is 75.8 cm³/mol. The number of carboxylic acids is 1. The SMILES string of the molecule is CSCC(C)CNC(=O)c1ccc(C(=O)O)c(C)n1. The summed E-state index contributed by atoms with van der Waals surface area (Å²) in [5.74, 6) is 0.0573. The fourth-order valence-corrected chi connectivity index (χ4v) is 2.30. The molecule has 0 saturated carbocycles. The van der Waals surface area contributed by atoms with Crippen molar-refractivity contribution in [2.24, 2.45) is 5.92 Å². The third-order valence-corrected chi connectivity index (χ3v) is 3.51. The van der Waals surface area contributed by atoms with Gasteiger partial charge in [0.1, 0.15) is 5.69 Å². The fourth-order valence-electron chi connectivity index (χ4n) is 1.61. The third-order valence-electron chi connectivity index (χ3n) is 2.61. The smallest absolute Gasteiger partial charge is 0.337 e. The van der Waals surface area contributed by atoms with E-state index in [-0.39, 0.29) is 17.2 Å². The van der Waals surface area contributed by atoms with Crippen molar-refractivity contribution < 1.29 is 14.7 Å². The zero-order valence-electron chi connectivity index (χ0n) is 11.3. The summed E-state index contributed by atoms with van der Waals surface area (Å²) >= 11 is 1.73. The van der Waals surface area contributed by atoms with Crippen molar-refractivity contribution in [1.29, 1.82) is 0 Å². The Balaban J connectivity index is 2.68. The van der Waals surface area contributed by atoms with Gasteiger partial charge in [0.2, 0.25) is 0 Å². The molecule has 0 radical (unpaired) electrons. The molecule has 0 saturated heterocycles. The number of nitrogens with zero attached hydrogens (tertiary/aromatic N) is 1. The predicted octanol–water partition coefficient (Wildman–Crippen LogP) is 1.82. The first-order valence-electron chi connectivity index (χ1n) is 5.93. The Hall–Kier alpha value is -1.56. The van der Waals surface area contributed by atoms with Crippen molar-refractivity contribution in [2.75, 3.05) is 18.6 Å². The summed E-state index contributed by atoms with van der Waals surface area (Å²) in [6.45, 7) is 4.22. The molecule has 1 unspecified atom stereocenters. The van der Waals surface area contributed by atoms with E-state index in [9.17, 15) is 9.59 Å². The number of carboxylic acid groups (broad SMARTS) is 1. The van der Waals surface area contributed by atoms with E-state index in [1.165, 1.54) is 12.1 Å². The second-order valence-electron chi connectivity index (χ2n) is 4.41. The Morgan fingerprint density at radius 1 is 1.47 bits per heavy atom. The average Bonchev–Trinajstić information content (AvgIpc) is 2.35. The zero-order chi connectivity index (χ0) is 14.4. The number of aromatic nitrogens is 1. The molecule has 0 spiro atoms. The highest BCUT2D eigenvalue weighted by molar-refractivity contribution is 7.98. The molecule has 1 atom stereocenters. The third kappa shape index (κ3) is 4.55. The summed E-state index contributed by atoms with van der Waals surface area (Å²) in [6, 6.07) is 2.84. The normalized spacial score (nSPS) is 11.9. The second kappa shape index (κ2) is 7.13. The molecule has 1 aromatic heterocycles. The van der Waals surface area contributed by atoms with Crippen molar-refractivity contribution in [3.8, 4) is 0 Å². The van der Waals surface area contributed by atoms with Crippen molar-refractivity contribution in [2.45, 2.75) is 13.8 Å². The van der Waals surface area contributed by atoms with E-state index in [1.54, 1.807) is 18.7 Å². The molecule has 0 aliphatic carbocycles. The largest absolute Gasteiger partial charge is 0.478 e. The van der Waals surface area contributed by atoms with E-state index >= 15 is 0 Å². The minimum absolute atomic E-state index is 0.118. The number of carbonyl (C=O) groups is 2. The van der Waals surface area contributed by atoms with Crippen LogP contribution in [0.1, 0.15) is 33.5 Å². The molecule has 1 amide bonds. The maximum absolute atomic E-state index is 11.9. The van der Waals surface area contributed by atoms with Crippen LogP contribution in [-0.2, 0) is 0 Å². The van der Waals surface area contributed by atoms with Gasteiger partial charge in [0, 0.05) is 6.54 Å². The Labute approximate surface area is 116 Å². The minimum atomic E-state index is -1.04. The first kappa shape index (κ1) is 15.5. The minimum Gasteiger partial charge on any atom is -0.478 e. The summed E-state index contributed by atoms with van der Waals surface area (Å²) in [6.07, 6.45) is 2.02. The summed E-state index contributed by atoms with van der Waals surface area (Å²) < 4.78 is 0. The molecule has 0 fully saturated rings. The Bertz CT molecular complexity index is 477. The summed E-state index contributed by atoms with van der Waals surface area (Å²) in [5.41, 5.74) is 0.712. The van der Waals surface area contributed by atoms with Crippen LogP contribution in [0.2, 0.25) is 0 Å².